The van der Waals surface area contributed by atoms with Gasteiger partial charge >= 0.3 is 12.4 Å². The van der Waals surface area contributed by atoms with E-state index in [9.17, 15) is 26.3 Å². The van der Waals surface area contributed by atoms with Gasteiger partial charge in [0.05, 0.1) is 15.1 Å². The van der Waals surface area contributed by atoms with Crippen molar-refractivity contribution >= 4 is 51.3 Å². The van der Waals surface area contributed by atoms with Gasteiger partial charge in [0.2, 0.25) is 0 Å². The molecule has 0 aliphatic carbocycles. The van der Waals surface area contributed by atoms with Gasteiger partial charge in [0.15, 0.2) is 10.8 Å². The lowest BCUT2D eigenvalue weighted by Crippen LogP contribution is -2.44. The fourth-order valence-electron chi connectivity index (χ4n) is 2.98. The van der Waals surface area contributed by atoms with Crippen molar-refractivity contribution in [2.24, 2.45) is 0 Å². The molecule has 0 bridgehead atoms. The Morgan fingerprint density at radius 1 is 1.04 bits per heavy atom. The summed E-state index contributed by atoms with van der Waals surface area (Å²) in [5.74, 6) is 0. The number of halogens is 9. The topological polar surface area (TPSA) is 16.1 Å². The molecule has 0 N–H and O–H groups in total. The molecule has 27 heavy (non-hydrogen) atoms. The molecule has 3 rings (SSSR count). The molecule has 1 aromatic heterocycles. The summed E-state index contributed by atoms with van der Waals surface area (Å²) in [6.07, 6.45) is -9.73. The molecule has 1 fully saturated rings. The fourth-order valence-corrected chi connectivity index (χ4v) is 4.43. The number of alkyl halides is 6. The van der Waals surface area contributed by atoms with Gasteiger partial charge in [0, 0.05) is 18.5 Å². The third-order valence-corrected chi connectivity index (χ3v) is 6.50. The largest absolute Gasteiger partial charge is 0.434 e. The van der Waals surface area contributed by atoms with E-state index < -0.39 is 30.0 Å². The van der Waals surface area contributed by atoms with E-state index in [-0.39, 0.29) is 38.7 Å². The first-order valence-electron chi connectivity index (χ1n) is 7.34. The average Bonchev–Trinajstić information content (AvgIpc) is 3.18. The second-order valence-electron chi connectivity index (χ2n) is 6.02. The Morgan fingerprint density at radius 3 is 2.11 bits per heavy atom. The standard InChI is InChI=1S/C15H9Cl3F6N2S/c16-8-3-7(4-9(17)11(8)18)13(15(22,23)24)1-2-26(6-13)12-25-10(5-27-12)14(19,20)21/h3-5H,1-2,6H2. The summed E-state index contributed by atoms with van der Waals surface area (Å²) in [7, 11) is 0. The lowest BCUT2D eigenvalue weighted by atomic mass is 9.79. The fraction of sp³-hybridized carbons (Fsp3) is 0.400. The van der Waals surface area contributed by atoms with Crippen molar-refractivity contribution < 1.29 is 26.3 Å². The van der Waals surface area contributed by atoms with Gasteiger partial charge in [-0.25, -0.2) is 4.98 Å². The van der Waals surface area contributed by atoms with Crippen LogP contribution in [-0.2, 0) is 11.6 Å². The highest BCUT2D eigenvalue weighted by Gasteiger charge is 2.59. The molecule has 0 saturated carbocycles. The lowest BCUT2D eigenvalue weighted by molar-refractivity contribution is -0.184. The first-order valence-corrected chi connectivity index (χ1v) is 9.36. The molecule has 148 valence electrons. The van der Waals surface area contributed by atoms with Gasteiger partial charge in [-0.15, -0.1) is 11.3 Å². The number of benzene rings is 1. The molecule has 0 radical (unpaired) electrons. The zero-order valence-electron chi connectivity index (χ0n) is 13.1. The molecule has 12 heteroatoms. The van der Waals surface area contributed by atoms with E-state index in [1.165, 1.54) is 4.90 Å². The highest BCUT2D eigenvalue weighted by molar-refractivity contribution is 7.13. The monoisotopic (exact) mass is 468 g/mol. The van der Waals surface area contributed by atoms with Gasteiger partial charge < -0.3 is 4.90 Å². The highest BCUT2D eigenvalue weighted by Crippen LogP contribution is 2.50. The van der Waals surface area contributed by atoms with Crippen LogP contribution in [0.2, 0.25) is 15.1 Å². The summed E-state index contributed by atoms with van der Waals surface area (Å²) in [5.41, 5.74) is -3.68. The third-order valence-electron chi connectivity index (χ3n) is 4.40. The maximum Gasteiger partial charge on any atom is 0.434 e. The summed E-state index contributed by atoms with van der Waals surface area (Å²) in [5, 5.41) is 0.326. The Balaban J connectivity index is 2.00. The van der Waals surface area contributed by atoms with Crippen molar-refractivity contribution in [3.05, 3.63) is 43.8 Å². The van der Waals surface area contributed by atoms with Gasteiger partial charge in [-0.1, -0.05) is 34.8 Å². The number of thiazole rings is 1. The van der Waals surface area contributed by atoms with E-state index in [2.05, 4.69) is 4.98 Å². The molecular formula is C15H9Cl3F6N2S. The van der Waals surface area contributed by atoms with Gasteiger partial charge in [-0.2, -0.15) is 26.3 Å². The van der Waals surface area contributed by atoms with Crippen LogP contribution in [0.1, 0.15) is 17.7 Å². The van der Waals surface area contributed by atoms with Crippen molar-refractivity contribution in [1.82, 2.24) is 4.98 Å². The Bertz CT molecular complexity index is 843. The molecule has 2 aromatic rings. The van der Waals surface area contributed by atoms with E-state index in [0.717, 1.165) is 17.5 Å². The van der Waals surface area contributed by atoms with Gasteiger partial charge in [-0.3, -0.25) is 0 Å². The Hall–Kier alpha value is -0.900. The van der Waals surface area contributed by atoms with E-state index in [4.69, 9.17) is 34.8 Å². The summed E-state index contributed by atoms with van der Waals surface area (Å²) < 4.78 is 80.2. The zero-order chi connectivity index (χ0) is 20.2. The van der Waals surface area contributed by atoms with Gasteiger partial charge in [0.1, 0.15) is 5.41 Å². The van der Waals surface area contributed by atoms with Crippen molar-refractivity contribution in [3.8, 4) is 0 Å². The van der Waals surface area contributed by atoms with Crippen LogP contribution < -0.4 is 4.90 Å². The predicted molar refractivity (Wildman–Crippen MR) is 93.2 cm³/mol. The van der Waals surface area contributed by atoms with Crippen LogP contribution in [-0.4, -0.2) is 24.2 Å². The molecule has 1 aromatic carbocycles. The summed E-state index contributed by atoms with van der Waals surface area (Å²) in [4.78, 5) is 4.62. The maximum absolute atomic E-state index is 14.0. The minimum absolute atomic E-state index is 0.0657. The molecule has 1 aliphatic rings. The number of nitrogens with zero attached hydrogens (tertiary/aromatic N) is 2. The van der Waals surface area contributed by atoms with Crippen LogP contribution >= 0.6 is 46.1 Å². The van der Waals surface area contributed by atoms with Crippen molar-refractivity contribution in [2.45, 2.75) is 24.2 Å². The van der Waals surface area contributed by atoms with E-state index in [1.807, 2.05) is 0 Å². The lowest BCUT2D eigenvalue weighted by Gasteiger charge is -2.32. The molecule has 0 amide bonds. The summed E-state index contributed by atoms with van der Waals surface area (Å²) in [6.45, 7) is -0.724. The predicted octanol–water partition coefficient (Wildman–Crippen LogP) is 6.83. The van der Waals surface area contributed by atoms with Crippen LogP contribution in [0.5, 0.6) is 0 Å². The molecule has 1 aliphatic heterocycles. The molecule has 1 atom stereocenters. The van der Waals surface area contributed by atoms with Gasteiger partial charge in [-0.05, 0) is 24.1 Å². The van der Waals surface area contributed by atoms with Crippen molar-refractivity contribution in [2.75, 3.05) is 18.0 Å². The second kappa shape index (κ2) is 6.86. The number of hydrogen-bond donors (Lipinski definition) is 0. The Kier molecular flexibility index (Phi) is 5.29. The number of hydrogen-bond acceptors (Lipinski definition) is 3. The maximum atomic E-state index is 14.0. The number of rotatable bonds is 2. The van der Waals surface area contributed by atoms with Crippen LogP contribution in [0.25, 0.3) is 0 Å². The van der Waals surface area contributed by atoms with Crippen LogP contribution in [0.4, 0.5) is 31.5 Å². The minimum Gasteiger partial charge on any atom is -0.347 e. The molecular weight excluding hydrogens is 461 g/mol. The SMILES string of the molecule is FC(F)(F)c1csc(N2CCC(c3cc(Cl)c(Cl)c(Cl)c3)(C(F)(F)F)C2)n1. The Morgan fingerprint density at radius 2 is 1.63 bits per heavy atom. The normalized spacial score (nSPS) is 21.1. The first kappa shape index (κ1) is 20.8. The molecule has 2 heterocycles. The molecule has 1 unspecified atom stereocenters. The quantitative estimate of drug-likeness (QED) is 0.354. The van der Waals surface area contributed by atoms with E-state index in [1.54, 1.807) is 0 Å². The molecule has 0 spiro atoms. The van der Waals surface area contributed by atoms with Crippen LogP contribution in [0, 0.1) is 0 Å². The smallest absolute Gasteiger partial charge is 0.347 e. The van der Waals surface area contributed by atoms with Crippen LogP contribution in [0.3, 0.4) is 0 Å². The first-order chi connectivity index (χ1) is 12.3. The molecule has 2 nitrogen and oxygen atoms in total. The van der Waals surface area contributed by atoms with Crippen molar-refractivity contribution in [3.63, 3.8) is 0 Å². The Labute approximate surface area is 168 Å². The highest BCUT2D eigenvalue weighted by atomic mass is 35.5. The average molecular weight is 470 g/mol. The second-order valence-corrected chi connectivity index (χ2v) is 8.05. The zero-order valence-corrected chi connectivity index (χ0v) is 16.1. The number of anilines is 1. The van der Waals surface area contributed by atoms with Crippen LogP contribution in [0.15, 0.2) is 17.5 Å². The summed E-state index contributed by atoms with van der Waals surface area (Å²) in [6, 6.07) is 2.19. The van der Waals surface area contributed by atoms with E-state index >= 15 is 0 Å². The van der Waals surface area contributed by atoms with Crippen molar-refractivity contribution in [1.29, 1.82) is 0 Å². The van der Waals surface area contributed by atoms with Gasteiger partial charge in [0.25, 0.3) is 0 Å². The third kappa shape index (κ3) is 3.71. The molecule has 1 saturated heterocycles. The summed E-state index contributed by atoms with van der Waals surface area (Å²) >= 11 is 18.2. The number of aromatic nitrogens is 1. The minimum atomic E-state index is -4.69. The van der Waals surface area contributed by atoms with E-state index in [0.29, 0.717) is 11.3 Å².